The topological polar surface area (TPSA) is 88.6 Å². The Kier molecular flexibility index (Phi) is 6.14. The Bertz CT molecular complexity index is 1100. The lowest BCUT2D eigenvalue weighted by atomic mass is 10.2. The van der Waals surface area contributed by atoms with Crippen LogP contribution in [0.2, 0.25) is 0 Å². The Balaban J connectivity index is 1.40. The standard InChI is InChI=1S/C21H23N3O4S2/c1-24(14-20-23-18-6-2-3-7-19(18)29-20)21(25)15-8-10-17(11-9-15)30(26,27)22-13-16-5-4-12-28-16/h2-3,6-11,16,22H,4-5,12-14H2,1H3. The third-order valence-electron chi connectivity index (χ3n) is 4.99. The molecule has 3 aromatic rings. The maximum atomic E-state index is 12.7. The summed E-state index contributed by atoms with van der Waals surface area (Å²) in [6.07, 6.45) is 1.74. The van der Waals surface area contributed by atoms with Gasteiger partial charge in [0.25, 0.3) is 5.91 Å². The van der Waals surface area contributed by atoms with E-state index in [1.807, 2.05) is 24.3 Å². The summed E-state index contributed by atoms with van der Waals surface area (Å²) in [5.41, 5.74) is 1.35. The van der Waals surface area contributed by atoms with Crippen molar-refractivity contribution < 1.29 is 17.9 Å². The first kappa shape index (κ1) is 20.9. The highest BCUT2D eigenvalue weighted by Crippen LogP contribution is 2.23. The number of hydrogen-bond acceptors (Lipinski definition) is 6. The van der Waals surface area contributed by atoms with Gasteiger partial charge in [-0.1, -0.05) is 12.1 Å². The van der Waals surface area contributed by atoms with Gasteiger partial charge in [-0.3, -0.25) is 4.79 Å². The number of nitrogens with one attached hydrogen (secondary N) is 1. The van der Waals surface area contributed by atoms with Crippen LogP contribution < -0.4 is 4.72 Å². The average molecular weight is 446 g/mol. The van der Waals surface area contributed by atoms with Crippen molar-refractivity contribution in [3.8, 4) is 0 Å². The molecule has 7 nitrogen and oxygen atoms in total. The number of carbonyl (C=O) groups is 1. The highest BCUT2D eigenvalue weighted by Gasteiger charge is 2.21. The molecule has 4 rings (SSSR count). The molecule has 2 heterocycles. The van der Waals surface area contributed by atoms with E-state index in [0.717, 1.165) is 28.1 Å². The van der Waals surface area contributed by atoms with Crippen LogP contribution in [-0.2, 0) is 21.3 Å². The number of aromatic nitrogens is 1. The van der Waals surface area contributed by atoms with Crippen LogP contribution in [0, 0.1) is 0 Å². The van der Waals surface area contributed by atoms with Gasteiger partial charge >= 0.3 is 0 Å². The molecular formula is C21H23N3O4S2. The third-order valence-corrected chi connectivity index (χ3v) is 7.45. The number of para-hydroxylation sites is 1. The molecule has 30 heavy (non-hydrogen) atoms. The van der Waals surface area contributed by atoms with E-state index in [4.69, 9.17) is 4.74 Å². The Morgan fingerprint density at radius 2 is 2.00 bits per heavy atom. The van der Waals surface area contributed by atoms with Crippen LogP contribution in [0.25, 0.3) is 10.2 Å². The number of amides is 1. The lowest BCUT2D eigenvalue weighted by molar-refractivity contribution is 0.0785. The van der Waals surface area contributed by atoms with Crippen molar-refractivity contribution in [2.75, 3.05) is 20.2 Å². The van der Waals surface area contributed by atoms with E-state index < -0.39 is 10.0 Å². The van der Waals surface area contributed by atoms with Crippen molar-refractivity contribution in [3.63, 3.8) is 0 Å². The van der Waals surface area contributed by atoms with Gasteiger partial charge in [-0.05, 0) is 49.2 Å². The SMILES string of the molecule is CN(Cc1nc2ccccc2s1)C(=O)c1ccc(S(=O)(=O)NCC2CCCO2)cc1. The van der Waals surface area contributed by atoms with Crippen molar-refractivity contribution in [3.05, 3.63) is 59.1 Å². The number of benzene rings is 2. The Labute approximate surface area is 179 Å². The maximum absolute atomic E-state index is 12.7. The Morgan fingerprint density at radius 3 is 2.70 bits per heavy atom. The molecule has 0 bridgehead atoms. The van der Waals surface area contributed by atoms with E-state index in [0.29, 0.717) is 18.7 Å². The smallest absolute Gasteiger partial charge is 0.253 e. The predicted molar refractivity (Wildman–Crippen MR) is 116 cm³/mol. The molecule has 2 aromatic carbocycles. The first-order valence-electron chi connectivity index (χ1n) is 9.73. The number of sulfonamides is 1. The zero-order valence-electron chi connectivity index (χ0n) is 16.6. The van der Waals surface area contributed by atoms with Crippen molar-refractivity contribution >= 4 is 37.5 Å². The van der Waals surface area contributed by atoms with Crippen molar-refractivity contribution in [1.82, 2.24) is 14.6 Å². The van der Waals surface area contributed by atoms with Gasteiger partial charge < -0.3 is 9.64 Å². The minimum atomic E-state index is -3.64. The van der Waals surface area contributed by atoms with Gasteiger partial charge in [0.15, 0.2) is 0 Å². The van der Waals surface area contributed by atoms with Crippen LogP contribution in [0.5, 0.6) is 0 Å². The van der Waals surface area contributed by atoms with E-state index in [-0.39, 0.29) is 23.5 Å². The number of thiazole rings is 1. The number of carbonyl (C=O) groups excluding carboxylic acids is 1. The lowest BCUT2D eigenvalue weighted by Crippen LogP contribution is -2.32. The summed E-state index contributed by atoms with van der Waals surface area (Å²) in [5.74, 6) is -0.189. The fourth-order valence-electron chi connectivity index (χ4n) is 3.35. The minimum Gasteiger partial charge on any atom is -0.377 e. The zero-order valence-corrected chi connectivity index (χ0v) is 18.2. The molecule has 0 radical (unpaired) electrons. The number of ether oxygens (including phenoxy) is 1. The average Bonchev–Trinajstić information content (AvgIpc) is 3.41. The van der Waals surface area contributed by atoms with Crippen LogP contribution in [-0.4, -0.2) is 50.5 Å². The quantitative estimate of drug-likeness (QED) is 0.604. The highest BCUT2D eigenvalue weighted by molar-refractivity contribution is 7.89. The zero-order chi connectivity index (χ0) is 21.1. The molecular weight excluding hydrogens is 422 g/mol. The van der Waals surface area contributed by atoms with E-state index in [1.165, 1.54) is 24.3 Å². The Morgan fingerprint density at radius 1 is 1.23 bits per heavy atom. The van der Waals surface area contributed by atoms with Gasteiger partial charge in [-0.2, -0.15) is 0 Å². The van der Waals surface area contributed by atoms with Gasteiger partial charge in [0, 0.05) is 25.8 Å². The van der Waals surface area contributed by atoms with E-state index >= 15 is 0 Å². The van der Waals surface area contributed by atoms with Crippen molar-refractivity contribution in [2.45, 2.75) is 30.4 Å². The van der Waals surface area contributed by atoms with Crippen LogP contribution in [0.4, 0.5) is 0 Å². The van der Waals surface area contributed by atoms with Crippen LogP contribution >= 0.6 is 11.3 Å². The maximum Gasteiger partial charge on any atom is 0.253 e. The van der Waals surface area contributed by atoms with Gasteiger partial charge in [-0.15, -0.1) is 11.3 Å². The van der Waals surface area contributed by atoms with Gasteiger partial charge in [0.2, 0.25) is 10.0 Å². The molecule has 1 fully saturated rings. The van der Waals surface area contributed by atoms with Crippen LogP contribution in [0.15, 0.2) is 53.4 Å². The van der Waals surface area contributed by atoms with E-state index in [2.05, 4.69) is 9.71 Å². The first-order chi connectivity index (χ1) is 14.4. The summed E-state index contributed by atoms with van der Waals surface area (Å²) in [6, 6.07) is 13.8. The van der Waals surface area contributed by atoms with Crippen molar-refractivity contribution in [2.24, 2.45) is 0 Å². The molecule has 1 amide bonds. The molecule has 1 aliphatic rings. The molecule has 0 saturated carbocycles. The molecule has 1 saturated heterocycles. The number of hydrogen-bond donors (Lipinski definition) is 1. The third kappa shape index (κ3) is 4.70. The predicted octanol–water partition coefficient (Wildman–Crippen LogP) is 3.03. The summed E-state index contributed by atoms with van der Waals surface area (Å²) < 4.78 is 34.0. The fraction of sp³-hybridized carbons (Fsp3) is 0.333. The molecule has 9 heteroatoms. The molecule has 1 N–H and O–H groups in total. The summed E-state index contributed by atoms with van der Waals surface area (Å²) >= 11 is 1.56. The lowest BCUT2D eigenvalue weighted by Gasteiger charge is -2.16. The summed E-state index contributed by atoms with van der Waals surface area (Å²) in [4.78, 5) is 19.0. The molecule has 0 aliphatic carbocycles. The van der Waals surface area contributed by atoms with Crippen LogP contribution in [0.3, 0.4) is 0 Å². The summed E-state index contributed by atoms with van der Waals surface area (Å²) in [7, 11) is -1.93. The largest absolute Gasteiger partial charge is 0.377 e. The second kappa shape index (κ2) is 8.81. The minimum absolute atomic E-state index is 0.0724. The van der Waals surface area contributed by atoms with E-state index in [1.54, 1.807) is 23.3 Å². The molecule has 158 valence electrons. The van der Waals surface area contributed by atoms with Gasteiger partial charge in [0.05, 0.1) is 27.8 Å². The fourth-order valence-corrected chi connectivity index (χ4v) is 5.44. The summed E-state index contributed by atoms with van der Waals surface area (Å²) in [6.45, 7) is 1.32. The van der Waals surface area contributed by atoms with E-state index in [9.17, 15) is 13.2 Å². The first-order valence-corrected chi connectivity index (χ1v) is 12.0. The number of nitrogens with zero attached hydrogens (tertiary/aromatic N) is 2. The van der Waals surface area contributed by atoms with Crippen molar-refractivity contribution in [1.29, 1.82) is 0 Å². The molecule has 1 atom stereocenters. The van der Waals surface area contributed by atoms with Gasteiger partial charge in [-0.25, -0.2) is 18.1 Å². The molecule has 1 unspecified atom stereocenters. The van der Waals surface area contributed by atoms with Gasteiger partial charge in [0.1, 0.15) is 5.01 Å². The molecule has 1 aliphatic heterocycles. The number of fused-ring (bicyclic) bond motifs is 1. The Hall–Kier alpha value is -2.33. The van der Waals surface area contributed by atoms with Crippen LogP contribution in [0.1, 0.15) is 28.2 Å². The second-order valence-corrected chi connectivity index (χ2v) is 10.1. The number of rotatable bonds is 7. The summed E-state index contributed by atoms with van der Waals surface area (Å²) in [5, 5.41) is 0.851. The molecule has 0 spiro atoms. The normalized spacial score (nSPS) is 16.8. The monoisotopic (exact) mass is 445 g/mol. The second-order valence-electron chi connectivity index (χ2n) is 7.25. The highest BCUT2D eigenvalue weighted by atomic mass is 32.2. The molecule has 1 aromatic heterocycles.